The van der Waals surface area contributed by atoms with Crippen molar-refractivity contribution in [3.63, 3.8) is 0 Å². The quantitative estimate of drug-likeness (QED) is 0.748. The number of anilines is 1. The van der Waals surface area contributed by atoms with Crippen molar-refractivity contribution in [2.24, 2.45) is 5.92 Å². The Kier molecular flexibility index (Phi) is 3.22. The van der Waals surface area contributed by atoms with Crippen LogP contribution in [0.25, 0.3) is 0 Å². The second kappa shape index (κ2) is 4.82. The number of likely N-dealkylation sites (tertiary alicyclic amines) is 1. The van der Waals surface area contributed by atoms with Gasteiger partial charge in [0.05, 0.1) is 12.0 Å². The monoisotopic (exact) mass is 289 g/mol. The molecule has 0 radical (unpaired) electrons. The molecule has 0 spiro atoms. The molecule has 6 nitrogen and oxygen atoms in total. The summed E-state index contributed by atoms with van der Waals surface area (Å²) >= 11 is 0. The summed E-state index contributed by atoms with van der Waals surface area (Å²) in [6.45, 7) is 0. The Balaban J connectivity index is 1.94. The predicted octanol–water partition coefficient (Wildman–Crippen LogP) is 0.654. The van der Waals surface area contributed by atoms with Crippen LogP contribution in [0.4, 0.5) is 5.69 Å². The van der Waals surface area contributed by atoms with Crippen molar-refractivity contribution in [1.82, 2.24) is 9.96 Å². The van der Waals surface area contributed by atoms with Gasteiger partial charge in [-0.3, -0.25) is 19.3 Å². The second-order valence-electron chi connectivity index (χ2n) is 5.76. The molecular formula is C15H19N3O3. The van der Waals surface area contributed by atoms with Crippen LogP contribution < -0.4 is 4.90 Å². The molecule has 0 unspecified atom stereocenters. The highest BCUT2D eigenvalue weighted by atomic mass is 16.7. The van der Waals surface area contributed by atoms with Gasteiger partial charge in [-0.25, -0.2) is 0 Å². The van der Waals surface area contributed by atoms with Crippen molar-refractivity contribution in [2.45, 2.75) is 12.1 Å². The first-order valence-electron chi connectivity index (χ1n) is 6.90. The van der Waals surface area contributed by atoms with E-state index in [0.717, 1.165) is 11.3 Å². The Bertz CT molecular complexity index is 584. The minimum atomic E-state index is -0.689. The Morgan fingerprint density at radius 2 is 1.67 bits per heavy atom. The summed E-state index contributed by atoms with van der Waals surface area (Å²) in [6.07, 6.45) is -0.689. The number of hydrogen-bond donors (Lipinski definition) is 0. The lowest BCUT2D eigenvalue weighted by Gasteiger charge is -2.23. The molecule has 1 aromatic carbocycles. The zero-order chi connectivity index (χ0) is 15.3. The highest BCUT2D eigenvalue weighted by Crippen LogP contribution is 2.43. The van der Waals surface area contributed by atoms with Crippen LogP contribution in [0.2, 0.25) is 0 Å². The second-order valence-corrected chi connectivity index (χ2v) is 5.76. The molecule has 1 aromatic rings. The summed E-state index contributed by atoms with van der Waals surface area (Å²) in [5.74, 6) is -0.891. The fraction of sp³-hybridized carbons (Fsp3) is 0.467. The maximum atomic E-state index is 12.3. The van der Waals surface area contributed by atoms with Gasteiger partial charge in [0.2, 0.25) is 5.91 Å². The lowest BCUT2D eigenvalue weighted by molar-refractivity contribution is -0.168. The van der Waals surface area contributed by atoms with Crippen LogP contribution in [0.5, 0.6) is 0 Å². The van der Waals surface area contributed by atoms with Crippen LogP contribution in [0, 0.1) is 5.92 Å². The summed E-state index contributed by atoms with van der Waals surface area (Å²) in [5, 5.41) is 1.63. The van der Waals surface area contributed by atoms with E-state index in [2.05, 4.69) is 0 Å². The van der Waals surface area contributed by atoms with E-state index in [1.54, 1.807) is 12.1 Å². The first-order valence-corrected chi connectivity index (χ1v) is 6.90. The molecule has 6 heteroatoms. The standard InChI is InChI=1S/C15H19N3O3/c1-16(2)10-7-5-9(6-8-10)12-11-13(21-18(12)4)15(20)17(3)14(11)19/h5-8,11-13H,1-4H3/t11-,12+,13+/m0/s1. The highest BCUT2D eigenvalue weighted by Gasteiger charge is 2.57. The van der Waals surface area contributed by atoms with E-state index in [1.165, 1.54) is 11.9 Å². The number of carbonyl (C=O) groups excluding carboxylic acids is 2. The first kappa shape index (κ1) is 14.0. The summed E-state index contributed by atoms with van der Waals surface area (Å²) in [6, 6.07) is 7.74. The van der Waals surface area contributed by atoms with Crippen LogP contribution in [-0.2, 0) is 14.4 Å². The number of fused-ring (bicyclic) bond motifs is 1. The average molecular weight is 289 g/mol. The molecule has 0 N–H and O–H groups in total. The zero-order valence-electron chi connectivity index (χ0n) is 12.6. The fourth-order valence-corrected chi connectivity index (χ4v) is 3.08. The first-order chi connectivity index (χ1) is 9.91. The third-order valence-electron chi connectivity index (χ3n) is 4.28. The number of rotatable bonds is 2. The molecule has 0 aromatic heterocycles. The number of imide groups is 1. The minimum absolute atomic E-state index is 0.170. The fourth-order valence-electron chi connectivity index (χ4n) is 3.08. The molecule has 0 bridgehead atoms. The topological polar surface area (TPSA) is 53.1 Å². The molecule has 3 rings (SSSR count). The van der Waals surface area contributed by atoms with Crippen LogP contribution in [0.15, 0.2) is 24.3 Å². The summed E-state index contributed by atoms with van der Waals surface area (Å²) in [5.41, 5.74) is 2.06. The number of hydroxylamine groups is 2. The molecule has 2 aliphatic rings. The predicted molar refractivity (Wildman–Crippen MR) is 77.4 cm³/mol. The van der Waals surface area contributed by atoms with Crippen molar-refractivity contribution in [3.05, 3.63) is 29.8 Å². The largest absolute Gasteiger partial charge is 0.378 e. The third-order valence-corrected chi connectivity index (χ3v) is 4.28. The minimum Gasteiger partial charge on any atom is -0.378 e. The van der Waals surface area contributed by atoms with Crippen molar-refractivity contribution in [2.75, 3.05) is 33.1 Å². The van der Waals surface area contributed by atoms with Gasteiger partial charge in [0, 0.05) is 33.9 Å². The molecule has 2 aliphatic heterocycles. The maximum Gasteiger partial charge on any atom is 0.261 e. The van der Waals surface area contributed by atoms with Gasteiger partial charge in [0.1, 0.15) is 0 Å². The van der Waals surface area contributed by atoms with E-state index in [1.807, 2.05) is 43.3 Å². The molecule has 0 saturated carbocycles. The number of likely N-dealkylation sites (N-methyl/N-ethyl adjacent to an activating group) is 1. The van der Waals surface area contributed by atoms with Gasteiger partial charge in [-0.2, -0.15) is 5.06 Å². The van der Waals surface area contributed by atoms with Gasteiger partial charge in [0.15, 0.2) is 6.10 Å². The molecule has 21 heavy (non-hydrogen) atoms. The summed E-state index contributed by atoms with van der Waals surface area (Å²) in [7, 11) is 7.23. The molecule has 2 amide bonds. The number of carbonyl (C=O) groups is 2. The molecular weight excluding hydrogens is 270 g/mol. The maximum absolute atomic E-state index is 12.3. The van der Waals surface area contributed by atoms with Crippen molar-refractivity contribution in [3.8, 4) is 0 Å². The van der Waals surface area contributed by atoms with E-state index in [-0.39, 0.29) is 17.9 Å². The van der Waals surface area contributed by atoms with Crippen molar-refractivity contribution < 1.29 is 14.4 Å². The lowest BCUT2D eigenvalue weighted by atomic mass is 9.91. The Labute approximate surface area is 123 Å². The molecule has 2 saturated heterocycles. The lowest BCUT2D eigenvalue weighted by Crippen LogP contribution is -2.33. The van der Waals surface area contributed by atoms with Crippen LogP contribution in [0.1, 0.15) is 11.6 Å². The Hall–Kier alpha value is -1.92. The molecule has 0 aliphatic carbocycles. The van der Waals surface area contributed by atoms with E-state index < -0.39 is 12.0 Å². The number of amides is 2. The van der Waals surface area contributed by atoms with Crippen LogP contribution >= 0.6 is 0 Å². The summed E-state index contributed by atoms with van der Waals surface area (Å²) in [4.78, 5) is 33.1. The van der Waals surface area contributed by atoms with Crippen molar-refractivity contribution in [1.29, 1.82) is 0 Å². The number of hydrogen-bond acceptors (Lipinski definition) is 5. The SMILES string of the molecule is CN1C(=O)[C@H]2[C@@H](c3ccc(N(C)C)cc3)N(C)O[C@H]2C1=O. The zero-order valence-corrected chi connectivity index (χ0v) is 12.6. The normalized spacial score (nSPS) is 29.1. The van der Waals surface area contributed by atoms with Gasteiger partial charge in [0.25, 0.3) is 5.91 Å². The molecule has 112 valence electrons. The van der Waals surface area contributed by atoms with Gasteiger partial charge in [-0.15, -0.1) is 0 Å². The van der Waals surface area contributed by atoms with E-state index in [0.29, 0.717) is 0 Å². The highest BCUT2D eigenvalue weighted by molar-refractivity contribution is 6.07. The van der Waals surface area contributed by atoms with Crippen molar-refractivity contribution >= 4 is 17.5 Å². The smallest absolute Gasteiger partial charge is 0.261 e. The Morgan fingerprint density at radius 1 is 1.05 bits per heavy atom. The van der Waals surface area contributed by atoms with E-state index in [9.17, 15) is 9.59 Å². The average Bonchev–Trinajstić information content (AvgIpc) is 2.90. The van der Waals surface area contributed by atoms with Crippen LogP contribution in [0.3, 0.4) is 0 Å². The molecule has 2 heterocycles. The van der Waals surface area contributed by atoms with Gasteiger partial charge >= 0.3 is 0 Å². The summed E-state index contributed by atoms with van der Waals surface area (Å²) < 4.78 is 0. The van der Waals surface area contributed by atoms with Gasteiger partial charge < -0.3 is 4.90 Å². The van der Waals surface area contributed by atoms with E-state index in [4.69, 9.17) is 4.84 Å². The van der Waals surface area contributed by atoms with Gasteiger partial charge in [-0.05, 0) is 17.7 Å². The van der Waals surface area contributed by atoms with Crippen LogP contribution in [-0.4, -0.2) is 56.1 Å². The Morgan fingerprint density at radius 3 is 2.24 bits per heavy atom. The third kappa shape index (κ3) is 2.02. The van der Waals surface area contributed by atoms with Gasteiger partial charge in [-0.1, -0.05) is 12.1 Å². The number of nitrogens with zero attached hydrogens (tertiary/aromatic N) is 3. The molecule has 3 atom stereocenters. The molecule has 2 fully saturated rings. The number of benzene rings is 1. The van der Waals surface area contributed by atoms with E-state index >= 15 is 0 Å².